The minimum absolute atomic E-state index is 0.0129. The predicted molar refractivity (Wildman–Crippen MR) is 147 cm³/mol. The molecule has 7 rings (SSSR count). The molecule has 3 aromatic heterocycles. The highest BCUT2D eigenvalue weighted by Crippen LogP contribution is 2.57. The second-order valence-corrected chi connectivity index (χ2v) is 12.4. The zero-order valence-electron chi connectivity index (χ0n) is 22.0. The fourth-order valence-corrected chi connectivity index (χ4v) is 8.13. The number of nitrogens with zero attached hydrogens (tertiary/aromatic N) is 6. The summed E-state index contributed by atoms with van der Waals surface area (Å²) in [5.41, 5.74) is 2.92. The first-order chi connectivity index (χ1) is 18.3. The van der Waals surface area contributed by atoms with Gasteiger partial charge < -0.3 is 20.0 Å². The average Bonchev–Trinajstić information content (AvgIpc) is 3.22. The maximum Gasteiger partial charge on any atom is 0.255 e. The van der Waals surface area contributed by atoms with Crippen LogP contribution in [0.5, 0.6) is 0 Å². The molecule has 1 spiro atoms. The zero-order chi connectivity index (χ0) is 26.2. The molecule has 1 saturated carbocycles. The number of halogens is 1. The first kappa shape index (κ1) is 24.0. The van der Waals surface area contributed by atoms with Gasteiger partial charge in [-0.1, -0.05) is 6.92 Å². The molecule has 2 saturated heterocycles. The Hall–Kier alpha value is -3.11. The van der Waals surface area contributed by atoms with E-state index in [1.807, 2.05) is 26.2 Å². The topological polar surface area (TPSA) is 77.5 Å². The third-order valence-electron chi connectivity index (χ3n) is 8.90. The smallest absolute Gasteiger partial charge is 0.255 e. The average molecular weight is 534 g/mol. The first-order valence-corrected chi connectivity index (χ1v) is 14.3. The van der Waals surface area contributed by atoms with E-state index in [2.05, 4.69) is 43.1 Å². The fraction of sp³-hybridized carbons (Fsp3) is 0.500. The summed E-state index contributed by atoms with van der Waals surface area (Å²) in [6.45, 7) is 10.5. The van der Waals surface area contributed by atoms with E-state index in [0.717, 1.165) is 72.5 Å². The number of carbonyl (C=O) groups is 1. The maximum absolute atomic E-state index is 15.0. The van der Waals surface area contributed by atoms with Gasteiger partial charge >= 0.3 is 0 Å². The molecule has 0 aromatic carbocycles. The van der Waals surface area contributed by atoms with Gasteiger partial charge in [0.05, 0.1) is 28.5 Å². The quantitative estimate of drug-likeness (QED) is 0.524. The molecule has 10 heteroatoms. The highest BCUT2D eigenvalue weighted by Gasteiger charge is 2.53. The number of nitrogens with one attached hydrogen (secondary N) is 1. The summed E-state index contributed by atoms with van der Waals surface area (Å²) >= 11 is 1.51. The lowest BCUT2D eigenvalue weighted by atomic mass is 9.92. The molecule has 8 nitrogen and oxygen atoms in total. The van der Waals surface area contributed by atoms with Gasteiger partial charge in [0.1, 0.15) is 11.5 Å². The number of likely N-dealkylation sites (N-methyl/N-ethyl adjacent to an activating group) is 1. The van der Waals surface area contributed by atoms with Crippen LogP contribution in [0.3, 0.4) is 0 Å². The largest absolute Gasteiger partial charge is 0.370 e. The van der Waals surface area contributed by atoms with E-state index < -0.39 is 5.82 Å². The summed E-state index contributed by atoms with van der Waals surface area (Å²) < 4.78 is 15.0. The van der Waals surface area contributed by atoms with Crippen LogP contribution in [0.2, 0.25) is 0 Å². The van der Waals surface area contributed by atoms with Gasteiger partial charge in [-0.2, -0.15) is 0 Å². The Morgan fingerprint density at radius 3 is 2.55 bits per heavy atom. The van der Waals surface area contributed by atoms with Crippen LogP contribution in [0.1, 0.15) is 40.6 Å². The van der Waals surface area contributed by atoms with Crippen molar-refractivity contribution < 1.29 is 9.18 Å². The van der Waals surface area contributed by atoms with E-state index in [9.17, 15) is 4.79 Å². The first-order valence-electron chi connectivity index (χ1n) is 13.5. The molecule has 1 aliphatic carbocycles. The molecule has 1 N–H and O–H groups in total. The van der Waals surface area contributed by atoms with Gasteiger partial charge in [0, 0.05) is 50.1 Å². The Morgan fingerprint density at radius 2 is 1.89 bits per heavy atom. The second-order valence-electron chi connectivity index (χ2n) is 11.4. The van der Waals surface area contributed by atoms with Crippen LogP contribution >= 0.6 is 11.3 Å². The van der Waals surface area contributed by atoms with Crippen molar-refractivity contribution in [2.75, 3.05) is 56.5 Å². The standard InChI is InChI=1S/C28H32FN7OS/c1-4-35-11-17-13-36(14-18(17)12-35)19-5-6-21(30-9-19)32-27-31-10-20(29)23(33-27)24-16(2)22-25(38-24)28(7-8-28)15-34(3)26(22)37/h5-6,9-10,17-18H,4,7-8,11-15H2,1-3H3,(H,30,31,32,33)/t17-,18-/m0/s1. The summed E-state index contributed by atoms with van der Waals surface area (Å²) in [5.74, 6) is 1.88. The Bertz CT molecular complexity index is 1410. The van der Waals surface area contributed by atoms with E-state index in [1.165, 1.54) is 30.6 Å². The highest BCUT2D eigenvalue weighted by molar-refractivity contribution is 7.16. The summed E-state index contributed by atoms with van der Waals surface area (Å²) in [7, 11) is 1.85. The number of hydrogen-bond acceptors (Lipinski definition) is 8. The second kappa shape index (κ2) is 8.71. The number of pyridine rings is 1. The van der Waals surface area contributed by atoms with Crippen LogP contribution in [0, 0.1) is 24.6 Å². The number of rotatable bonds is 5. The molecule has 1 amide bonds. The minimum atomic E-state index is -0.493. The number of aromatic nitrogens is 3. The van der Waals surface area contributed by atoms with Crippen LogP contribution in [0.25, 0.3) is 10.6 Å². The lowest BCUT2D eigenvalue weighted by molar-refractivity contribution is 0.0760. The van der Waals surface area contributed by atoms with Gasteiger partial charge in [0.25, 0.3) is 5.91 Å². The Morgan fingerprint density at radius 1 is 1.13 bits per heavy atom. The van der Waals surface area contributed by atoms with E-state index in [-0.39, 0.29) is 23.0 Å². The van der Waals surface area contributed by atoms with Crippen LogP contribution < -0.4 is 10.2 Å². The van der Waals surface area contributed by atoms with Crippen molar-refractivity contribution in [2.24, 2.45) is 11.8 Å². The molecule has 0 radical (unpaired) electrons. The van der Waals surface area contributed by atoms with Crippen molar-refractivity contribution in [3.63, 3.8) is 0 Å². The molecule has 6 heterocycles. The fourth-order valence-electron chi connectivity index (χ4n) is 6.60. The van der Waals surface area contributed by atoms with Crippen molar-refractivity contribution in [3.05, 3.63) is 46.3 Å². The Kier molecular flexibility index (Phi) is 5.49. The third-order valence-corrected chi connectivity index (χ3v) is 10.4. The third kappa shape index (κ3) is 3.79. The highest BCUT2D eigenvalue weighted by atomic mass is 32.1. The van der Waals surface area contributed by atoms with Gasteiger partial charge in [-0.3, -0.25) is 4.79 Å². The number of hydrogen-bond donors (Lipinski definition) is 1. The van der Waals surface area contributed by atoms with Gasteiger partial charge in [-0.25, -0.2) is 19.3 Å². The number of amides is 1. The van der Waals surface area contributed by atoms with Crippen LogP contribution in [0.15, 0.2) is 24.5 Å². The van der Waals surface area contributed by atoms with Crippen molar-refractivity contribution in [2.45, 2.75) is 32.1 Å². The molecule has 38 heavy (non-hydrogen) atoms. The van der Waals surface area contributed by atoms with Crippen LogP contribution in [-0.4, -0.2) is 77.0 Å². The van der Waals surface area contributed by atoms with Crippen LogP contribution in [0.4, 0.5) is 21.8 Å². The Balaban J connectivity index is 1.11. The molecule has 2 atom stereocenters. The minimum Gasteiger partial charge on any atom is -0.370 e. The predicted octanol–water partition coefficient (Wildman–Crippen LogP) is 4.30. The normalized spacial score (nSPS) is 23.7. The van der Waals surface area contributed by atoms with Crippen molar-refractivity contribution in [1.29, 1.82) is 0 Å². The summed E-state index contributed by atoms with van der Waals surface area (Å²) in [4.78, 5) is 34.9. The lowest BCUT2D eigenvalue weighted by Crippen LogP contribution is -2.40. The molecule has 3 aliphatic heterocycles. The van der Waals surface area contributed by atoms with Crippen molar-refractivity contribution in [1.82, 2.24) is 24.8 Å². The van der Waals surface area contributed by atoms with Crippen LogP contribution in [-0.2, 0) is 5.41 Å². The molecule has 198 valence electrons. The lowest BCUT2D eigenvalue weighted by Gasteiger charge is -2.30. The monoisotopic (exact) mass is 533 g/mol. The summed E-state index contributed by atoms with van der Waals surface area (Å²) in [5, 5.41) is 3.14. The number of thiophene rings is 1. The van der Waals surface area contributed by atoms with Gasteiger partial charge in [-0.15, -0.1) is 11.3 Å². The number of anilines is 3. The molecule has 3 fully saturated rings. The maximum atomic E-state index is 15.0. The summed E-state index contributed by atoms with van der Waals surface area (Å²) in [6.07, 6.45) is 5.21. The summed E-state index contributed by atoms with van der Waals surface area (Å²) in [6, 6.07) is 4.00. The molecule has 3 aromatic rings. The van der Waals surface area contributed by atoms with E-state index in [0.29, 0.717) is 10.7 Å². The zero-order valence-corrected chi connectivity index (χ0v) is 22.8. The van der Waals surface area contributed by atoms with Gasteiger partial charge in [0.2, 0.25) is 5.95 Å². The van der Waals surface area contributed by atoms with E-state index in [4.69, 9.17) is 0 Å². The molecule has 0 bridgehead atoms. The molecule has 0 unspecified atom stereocenters. The van der Waals surface area contributed by atoms with E-state index in [1.54, 1.807) is 4.90 Å². The molecular formula is C28H32FN7OS. The number of likely N-dealkylation sites (tertiary alicyclic amines) is 1. The molecule has 4 aliphatic rings. The number of carbonyl (C=O) groups excluding carboxylic acids is 1. The van der Waals surface area contributed by atoms with E-state index >= 15 is 4.39 Å². The van der Waals surface area contributed by atoms with Crippen molar-refractivity contribution >= 4 is 34.7 Å². The Labute approximate surface area is 225 Å². The van der Waals surface area contributed by atoms with Gasteiger partial charge in [0.15, 0.2) is 5.82 Å². The van der Waals surface area contributed by atoms with Crippen molar-refractivity contribution in [3.8, 4) is 10.6 Å². The SMILES string of the molecule is CCN1C[C@H]2CN(c3ccc(Nc4ncc(F)c(-c5sc6c(c5C)C(=O)N(C)CC65CC5)n4)nc3)C[C@@H]2C1. The van der Waals surface area contributed by atoms with Gasteiger partial charge in [-0.05, 0) is 55.8 Å². The number of fused-ring (bicyclic) bond motifs is 3. The molecular weight excluding hydrogens is 501 g/mol.